The predicted octanol–water partition coefficient (Wildman–Crippen LogP) is 7.36. The summed E-state index contributed by atoms with van der Waals surface area (Å²) in [5.41, 5.74) is 5.22. The maximum Gasteiger partial charge on any atom is 0.126 e. The molecular formula is C25H33FN2. The molecule has 1 heterocycles. The molecule has 1 aromatic carbocycles. The highest BCUT2D eigenvalue weighted by Gasteiger charge is 2.16. The van der Waals surface area contributed by atoms with Crippen LogP contribution in [0.25, 0.3) is 17.3 Å². The molecule has 0 fully saturated rings. The quantitative estimate of drug-likeness (QED) is 0.469. The zero-order valence-corrected chi connectivity index (χ0v) is 18.3. The van der Waals surface area contributed by atoms with Gasteiger partial charge in [0.15, 0.2) is 0 Å². The third-order valence-corrected chi connectivity index (χ3v) is 4.70. The number of rotatable bonds is 7. The molecule has 0 N–H and O–H groups in total. The molecular weight excluding hydrogens is 347 g/mol. The van der Waals surface area contributed by atoms with E-state index in [2.05, 4.69) is 59.8 Å². The van der Waals surface area contributed by atoms with Gasteiger partial charge in [0.05, 0.1) is 11.4 Å². The van der Waals surface area contributed by atoms with Crippen LogP contribution in [0.4, 0.5) is 4.39 Å². The summed E-state index contributed by atoms with van der Waals surface area (Å²) in [7, 11) is 0. The molecule has 0 aliphatic carbocycles. The van der Waals surface area contributed by atoms with E-state index < -0.39 is 0 Å². The molecule has 0 bridgehead atoms. The van der Waals surface area contributed by atoms with Gasteiger partial charge in [-0.3, -0.25) is 0 Å². The van der Waals surface area contributed by atoms with Crippen LogP contribution in [0, 0.1) is 24.6 Å². The van der Waals surface area contributed by atoms with Gasteiger partial charge in [-0.05, 0) is 69.2 Å². The Kier molecular flexibility index (Phi) is 7.68. The van der Waals surface area contributed by atoms with Crippen molar-refractivity contribution in [3.8, 4) is 11.3 Å². The van der Waals surface area contributed by atoms with Gasteiger partial charge in [-0.2, -0.15) is 0 Å². The lowest BCUT2D eigenvalue weighted by atomic mass is 9.93. The number of hydrogen-bond donors (Lipinski definition) is 0. The Labute approximate surface area is 169 Å². The van der Waals surface area contributed by atoms with Crippen LogP contribution in [0.1, 0.15) is 71.0 Å². The molecule has 2 aromatic rings. The van der Waals surface area contributed by atoms with Crippen molar-refractivity contribution in [2.45, 2.75) is 60.8 Å². The SMILES string of the molecule is CC(C)=C[C@H](C)C[C@H](C)/C=C/c1c(-c2ccc(F)cc2)nc(C)nc1C(C)C. The van der Waals surface area contributed by atoms with Gasteiger partial charge in [-0.1, -0.05) is 51.5 Å². The third kappa shape index (κ3) is 6.12. The fourth-order valence-electron chi connectivity index (χ4n) is 3.60. The van der Waals surface area contributed by atoms with E-state index in [1.165, 1.54) is 17.7 Å². The molecule has 0 saturated heterocycles. The summed E-state index contributed by atoms with van der Waals surface area (Å²) >= 11 is 0. The number of allylic oxidation sites excluding steroid dienone is 3. The number of hydrogen-bond acceptors (Lipinski definition) is 2. The van der Waals surface area contributed by atoms with Crippen LogP contribution in [0.2, 0.25) is 0 Å². The van der Waals surface area contributed by atoms with Gasteiger partial charge >= 0.3 is 0 Å². The summed E-state index contributed by atoms with van der Waals surface area (Å²) < 4.78 is 13.4. The lowest BCUT2D eigenvalue weighted by Crippen LogP contribution is -2.05. The van der Waals surface area contributed by atoms with Crippen molar-refractivity contribution in [3.05, 3.63) is 64.9 Å². The topological polar surface area (TPSA) is 25.8 Å². The van der Waals surface area contributed by atoms with Crippen molar-refractivity contribution >= 4 is 6.08 Å². The minimum atomic E-state index is -0.238. The molecule has 0 unspecified atom stereocenters. The van der Waals surface area contributed by atoms with Gasteiger partial charge in [-0.25, -0.2) is 14.4 Å². The molecule has 0 saturated carbocycles. The van der Waals surface area contributed by atoms with Gasteiger partial charge in [0.1, 0.15) is 11.6 Å². The molecule has 3 heteroatoms. The summed E-state index contributed by atoms with van der Waals surface area (Å²) in [6.07, 6.45) is 7.83. The lowest BCUT2D eigenvalue weighted by Gasteiger charge is -2.16. The van der Waals surface area contributed by atoms with Crippen molar-refractivity contribution < 1.29 is 4.39 Å². The van der Waals surface area contributed by atoms with Crippen molar-refractivity contribution in [1.29, 1.82) is 0 Å². The Balaban J connectivity index is 2.43. The fourth-order valence-corrected chi connectivity index (χ4v) is 3.60. The van der Waals surface area contributed by atoms with E-state index in [1.807, 2.05) is 6.92 Å². The molecule has 28 heavy (non-hydrogen) atoms. The molecule has 2 atom stereocenters. The Morgan fingerprint density at radius 1 is 1.00 bits per heavy atom. The molecule has 0 aliphatic heterocycles. The smallest absolute Gasteiger partial charge is 0.126 e. The average Bonchev–Trinajstić information content (AvgIpc) is 2.59. The maximum absolute atomic E-state index is 13.4. The zero-order valence-electron chi connectivity index (χ0n) is 18.3. The van der Waals surface area contributed by atoms with Crippen molar-refractivity contribution in [1.82, 2.24) is 9.97 Å². The fraction of sp³-hybridized carbons (Fsp3) is 0.440. The van der Waals surface area contributed by atoms with Gasteiger partial charge in [0, 0.05) is 11.1 Å². The van der Waals surface area contributed by atoms with Crippen LogP contribution in [0.5, 0.6) is 0 Å². The van der Waals surface area contributed by atoms with Crippen LogP contribution in [-0.4, -0.2) is 9.97 Å². The second-order valence-electron chi connectivity index (χ2n) is 8.37. The molecule has 150 valence electrons. The van der Waals surface area contributed by atoms with Crippen LogP contribution >= 0.6 is 0 Å². The van der Waals surface area contributed by atoms with E-state index in [4.69, 9.17) is 9.97 Å². The van der Waals surface area contributed by atoms with Gasteiger partial charge < -0.3 is 0 Å². The van der Waals surface area contributed by atoms with Crippen LogP contribution in [0.3, 0.4) is 0 Å². The lowest BCUT2D eigenvalue weighted by molar-refractivity contribution is 0.543. The number of aromatic nitrogens is 2. The predicted molar refractivity (Wildman–Crippen MR) is 118 cm³/mol. The summed E-state index contributed by atoms with van der Waals surface area (Å²) in [4.78, 5) is 9.41. The Hall–Kier alpha value is -2.29. The monoisotopic (exact) mass is 380 g/mol. The normalized spacial score (nSPS) is 13.8. The minimum absolute atomic E-state index is 0.238. The second-order valence-corrected chi connectivity index (χ2v) is 8.37. The molecule has 0 aliphatic rings. The minimum Gasteiger partial charge on any atom is -0.237 e. The molecule has 0 spiro atoms. The standard InChI is InChI=1S/C25H33FN2/c1-16(2)14-19(6)15-18(5)8-13-23-24(17(3)4)27-20(7)28-25(23)21-9-11-22(26)12-10-21/h8-14,17-19H,15H2,1-7H3/b13-8+/t18-,19+/m1/s1. The summed E-state index contributed by atoms with van der Waals surface area (Å²) in [6, 6.07) is 6.55. The van der Waals surface area contributed by atoms with Crippen molar-refractivity contribution in [2.24, 2.45) is 11.8 Å². The van der Waals surface area contributed by atoms with E-state index in [1.54, 1.807) is 12.1 Å². The maximum atomic E-state index is 13.4. The molecule has 1 aromatic heterocycles. The number of aryl methyl sites for hydroxylation is 1. The first kappa shape index (κ1) is 22.0. The second kappa shape index (κ2) is 9.77. The van der Waals surface area contributed by atoms with E-state index in [-0.39, 0.29) is 11.7 Å². The molecule has 0 radical (unpaired) electrons. The number of nitrogens with zero attached hydrogens (tertiary/aromatic N) is 2. The van der Waals surface area contributed by atoms with Crippen molar-refractivity contribution in [2.75, 3.05) is 0 Å². The Bertz CT molecular complexity index is 844. The summed E-state index contributed by atoms with van der Waals surface area (Å²) in [5, 5.41) is 0. The molecule has 2 rings (SSSR count). The van der Waals surface area contributed by atoms with Crippen LogP contribution < -0.4 is 0 Å². The van der Waals surface area contributed by atoms with E-state index in [9.17, 15) is 4.39 Å². The van der Waals surface area contributed by atoms with Gasteiger partial charge in [0.2, 0.25) is 0 Å². The highest BCUT2D eigenvalue weighted by Crippen LogP contribution is 2.30. The highest BCUT2D eigenvalue weighted by atomic mass is 19.1. The summed E-state index contributed by atoms with van der Waals surface area (Å²) in [6.45, 7) is 15.0. The molecule has 2 nitrogen and oxygen atoms in total. The van der Waals surface area contributed by atoms with E-state index >= 15 is 0 Å². The first-order valence-electron chi connectivity index (χ1n) is 10.1. The average molecular weight is 381 g/mol. The Morgan fingerprint density at radius 3 is 2.21 bits per heavy atom. The van der Waals surface area contributed by atoms with Crippen molar-refractivity contribution in [3.63, 3.8) is 0 Å². The first-order chi connectivity index (χ1) is 13.2. The van der Waals surface area contributed by atoms with Gasteiger partial charge in [-0.15, -0.1) is 0 Å². The van der Waals surface area contributed by atoms with E-state index in [0.717, 1.165) is 34.8 Å². The zero-order chi connectivity index (χ0) is 20.8. The third-order valence-electron chi connectivity index (χ3n) is 4.70. The number of halogens is 1. The van der Waals surface area contributed by atoms with Gasteiger partial charge in [0.25, 0.3) is 0 Å². The van der Waals surface area contributed by atoms with Crippen LogP contribution in [0.15, 0.2) is 42.0 Å². The van der Waals surface area contributed by atoms with Crippen LogP contribution in [-0.2, 0) is 0 Å². The first-order valence-corrected chi connectivity index (χ1v) is 10.1. The molecule has 0 amide bonds. The largest absolute Gasteiger partial charge is 0.237 e. The highest BCUT2D eigenvalue weighted by molar-refractivity contribution is 5.73. The summed E-state index contributed by atoms with van der Waals surface area (Å²) in [5.74, 6) is 1.76. The number of benzene rings is 1. The van der Waals surface area contributed by atoms with E-state index in [0.29, 0.717) is 11.8 Å². The Morgan fingerprint density at radius 2 is 1.64 bits per heavy atom.